The Bertz CT molecular complexity index is 407. The highest BCUT2D eigenvalue weighted by Gasteiger charge is 2.44. The fourth-order valence-corrected chi connectivity index (χ4v) is 1.34. The van der Waals surface area contributed by atoms with Gasteiger partial charge in [0.25, 0.3) is 0 Å². The Balaban J connectivity index is 2.45. The Morgan fingerprint density at radius 2 is 1.80 bits per heavy atom. The van der Waals surface area contributed by atoms with Crippen LogP contribution in [0, 0.1) is 5.82 Å². The first-order valence-electron chi connectivity index (χ1n) is 4.24. The van der Waals surface area contributed by atoms with Gasteiger partial charge in [0.05, 0.1) is 0 Å². The monoisotopic (exact) mass is 219 g/mol. The van der Waals surface area contributed by atoms with Gasteiger partial charge in [-0.15, -0.1) is 8.78 Å². The van der Waals surface area contributed by atoms with Crippen LogP contribution in [0.4, 0.5) is 13.2 Å². The van der Waals surface area contributed by atoms with Gasteiger partial charge in [0, 0.05) is 17.7 Å². The van der Waals surface area contributed by atoms with E-state index in [2.05, 4.69) is 9.47 Å². The van der Waals surface area contributed by atoms with Gasteiger partial charge in [0.2, 0.25) is 0 Å². The van der Waals surface area contributed by atoms with Crippen molar-refractivity contribution in [3.8, 4) is 11.5 Å². The zero-order valence-electron chi connectivity index (χ0n) is 7.76. The van der Waals surface area contributed by atoms with Crippen LogP contribution in [0.2, 0.25) is 0 Å². The van der Waals surface area contributed by atoms with Crippen molar-refractivity contribution in [2.24, 2.45) is 5.73 Å². The Kier molecular flexibility index (Phi) is 2.04. The number of hydrogen-bond donors (Lipinski definition) is 1. The third kappa shape index (κ3) is 1.72. The van der Waals surface area contributed by atoms with Crippen molar-refractivity contribution in [1.29, 1.82) is 0 Å². The summed E-state index contributed by atoms with van der Waals surface area (Å²) in [7, 11) is 0. The van der Waals surface area contributed by atoms with Crippen LogP contribution < -0.4 is 15.2 Å². The van der Waals surface area contributed by atoms with Crippen molar-refractivity contribution in [1.82, 2.24) is 0 Å². The Labute approximate surface area is 83.6 Å². The second-order valence-electron chi connectivity index (χ2n) is 3.28. The molecule has 2 N–H and O–H groups in total. The van der Waals surface area contributed by atoms with E-state index in [-0.39, 0.29) is 17.1 Å². The molecule has 1 aromatic rings. The summed E-state index contributed by atoms with van der Waals surface area (Å²) in [4.78, 5) is 0. The van der Waals surface area contributed by atoms with Crippen molar-refractivity contribution in [2.45, 2.75) is 19.3 Å². The van der Waals surface area contributed by atoms with E-state index < -0.39 is 18.2 Å². The van der Waals surface area contributed by atoms with Crippen molar-refractivity contribution >= 4 is 0 Å². The molecule has 1 aliphatic heterocycles. The average Bonchev–Trinajstić information content (AvgIpc) is 2.36. The summed E-state index contributed by atoms with van der Waals surface area (Å²) in [5.41, 5.74) is 5.56. The summed E-state index contributed by atoms with van der Waals surface area (Å²) in [5.74, 6) is -1.21. The number of nitrogens with two attached hydrogens (primary N) is 1. The van der Waals surface area contributed by atoms with Crippen molar-refractivity contribution < 1.29 is 22.6 Å². The molecule has 0 aromatic heterocycles. The van der Waals surface area contributed by atoms with Crippen LogP contribution in [0.15, 0.2) is 12.1 Å². The predicted molar refractivity (Wildman–Crippen MR) is 45.2 cm³/mol. The molecule has 2 rings (SSSR count). The van der Waals surface area contributed by atoms with E-state index in [1.54, 1.807) is 6.92 Å². The number of alkyl halides is 2. The van der Waals surface area contributed by atoms with E-state index in [4.69, 9.17) is 5.73 Å². The lowest BCUT2D eigenvalue weighted by Crippen LogP contribution is -2.25. The van der Waals surface area contributed by atoms with Crippen molar-refractivity contribution in [2.75, 3.05) is 0 Å². The van der Waals surface area contributed by atoms with E-state index in [1.807, 2.05) is 0 Å². The molecule has 82 valence electrons. The summed E-state index contributed by atoms with van der Waals surface area (Å²) in [5, 5.41) is 0. The van der Waals surface area contributed by atoms with Crippen LogP contribution in [0.25, 0.3) is 0 Å². The van der Waals surface area contributed by atoms with E-state index in [9.17, 15) is 13.2 Å². The molecule has 1 heterocycles. The molecule has 0 fully saturated rings. The van der Waals surface area contributed by atoms with E-state index in [0.717, 1.165) is 12.1 Å². The van der Waals surface area contributed by atoms with Crippen LogP contribution in [0.3, 0.4) is 0 Å². The maximum atomic E-state index is 13.3. The van der Waals surface area contributed by atoms with Gasteiger partial charge in [-0.05, 0) is 13.0 Å². The molecule has 0 aliphatic carbocycles. The Hall–Kier alpha value is -1.43. The molecule has 0 radical (unpaired) electrons. The highest BCUT2D eigenvalue weighted by atomic mass is 19.3. The molecular formula is C9H8F3NO2. The van der Waals surface area contributed by atoms with E-state index >= 15 is 0 Å². The van der Waals surface area contributed by atoms with Crippen LogP contribution in [0.1, 0.15) is 18.5 Å². The summed E-state index contributed by atoms with van der Waals surface area (Å²) in [6, 6.07) is 1.36. The van der Waals surface area contributed by atoms with Crippen LogP contribution in [0.5, 0.6) is 11.5 Å². The molecule has 0 saturated carbocycles. The average molecular weight is 219 g/mol. The lowest BCUT2D eigenvalue weighted by molar-refractivity contribution is -0.286. The maximum Gasteiger partial charge on any atom is 0.586 e. The number of benzene rings is 1. The molecule has 0 amide bonds. The molecule has 0 saturated heterocycles. The zero-order valence-corrected chi connectivity index (χ0v) is 7.76. The smallest absolute Gasteiger partial charge is 0.395 e. The first kappa shape index (κ1) is 10.1. The van der Waals surface area contributed by atoms with Crippen molar-refractivity contribution in [3.63, 3.8) is 0 Å². The second kappa shape index (κ2) is 3.03. The first-order valence-corrected chi connectivity index (χ1v) is 4.24. The minimum atomic E-state index is -3.73. The standard InChI is InChI=1S/C9H8F3NO2/c1-4(13)5-2-7-8(3-6(5)10)15-9(11,12)14-7/h2-4H,13H2,1H3. The fourth-order valence-electron chi connectivity index (χ4n) is 1.34. The number of halogens is 3. The van der Waals surface area contributed by atoms with Gasteiger partial charge >= 0.3 is 6.29 Å². The normalized spacial score (nSPS) is 19.0. The van der Waals surface area contributed by atoms with Gasteiger partial charge in [-0.1, -0.05) is 0 Å². The van der Waals surface area contributed by atoms with Gasteiger partial charge in [0.15, 0.2) is 11.5 Å². The topological polar surface area (TPSA) is 44.5 Å². The van der Waals surface area contributed by atoms with Gasteiger partial charge < -0.3 is 15.2 Å². The molecule has 1 unspecified atom stereocenters. The lowest BCUT2D eigenvalue weighted by atomic mass is 10.1. The predicted octanol–water partition coefficient (Wildman–Crippen LogP) is 2.17. The molecule has 3 nitrogen and oxygen atoms in total. The summed E-state index contributed by atoms with van der Waals surface area (Å²) >= 11 is 0. The third-order valence-electron chi connectivity index (χ3n) is 2.01. The largest absolute Gasteiger partial charge is 0.586 e. The van der Waals surface area contributed by atoms with Crippen LogP contribution in [-0.4, -0.2) is 6.29 Å². The highest BCUT2D eigenvalue weighted by Crippen LogP contribution is 2.42. The number of hydrogen-bond acceptors (Lipinski definition) is 3. The minimum Gasteiger partial charge on any atom is -0.395 e. The minimum absolute atomic E-state index is 0.107. The summed E-state index contributed by atoms with van der Waals surface area (Å²) in [6.45, 7) is 1.54. The lowest BCUT2D eigenvalue weighted by Gasteiger charge is -2.07. The van der Waals surface area contributed by atoms with E-state index in [1.165, 1.54) is 0 Å². The van der Waals surface area contributed by atoms with Gasteiger partial charge in [-0.25, -0.2) is 4.39 Å². The maximum absolute atomic E-state index is 13.3. The van der Waals surface area contributed by atoms with Gasteiger partial charge in [0.1, 0.15) is 5.82 Å². The number of rotatable bonds is 1. The number of ether oxygens (including phenoxy) is 2. The zero-order chi connectivity index (χ0) is 11.2. The number of fused-ring (bicyclic) bond motifs is 1. The summed E-state index contributed by atoms with van der Waals surface area (Å²) < 4.78 is 46.7. The Morgan fingerprint density at radius 3 is 2.33 bits per heavy atom. The molecule has 15 heavy (non-hydrogen) atoms. The second-order valence-corrected chi connectivity index (χ2v) is 3.28. The van der Waals surface area contributed by atoms with Crippen LogP contribution in [-0.2, 0) is 0 Å². The van der Waals surface area contributed by atoms with Crippen LogP contribution >= 0.6 is 0 Å². The quantitative estimate of drug-likeness (QED) is 0.787. The first-order chi connectivity index (χ1) is 6.89. The third-order valence-corrected chi connectivity index (χ3v) is 2.01. The molecule has 6 heteroatoms. The van der Waals surface area contributed by atoms with Gasteiger partial charge in [-0.3, -0.25) is 0 Å². The molecule has 1 aliphatic rings. The Morgan fingerprint density at radius 1 is 1.27 bits per heavy atom. The molecule has 1 aromatic carbocycles. The van der Waals surface area contributed by atoms with Crippen molar-refractivity contribution in [3.05, 3.63) is 23.5 Å². The molecular weight excluding hydrogens is 211 g/mol. The molecule has 0 spiro atoms. The molecule has 0 bridgehead atoms. The SMILES string of the molecule is CC(N)c1cc2c(cc1F)OC(F)(F)O2. The molecule has 1 atom stereocenters. The van der Waals surface area contributed by atoms with Gasteiger partial charge in [-0.2, -0.15) is 0 Å². The fraction of sp³-hybridized carbons (Fsp3) is 0.333. The van der Waals surface area contributed by atoms with E-state index in [0.29, 0.717) is 0 Å². The highest BCUT2D eigenvalue weighted by molar-refractivity contribution is 5.46. The summed E-state index contributed by atoms with van der Waals surface area (Å²) in [6.07, 6.45) is -3.73.